The highest BCUT2D eigenvalue weighted by molar-refractivity contribution is 6.67. The third-order valence-electron chi connectivity index (χ3n) is 3.12. The molecular formula is C17H13ClN4. The van der Waals surface area contributed by atoms with Gasteiger partial charge in [0, 0.05) is 17.3 Å². The first kappa shape index (κ1) is 14.2. The Morgan fingerprint density at radius 3 is 2.68 bits per heavy atom. The molecule has 2 heterocycles. The molecule has 22 heavy (non-hydrogen) atoms. The molecule has 3 aromatic rings. The van der Waals surface area contributed by atoms with Crippen LogP contribution in [0.15, 0.2) is 60.9 Å². The summed E-state index contributed by atoms with van der Waals surface area (Å²) in [6.45, 7) is 0. The molecule has 0 saturated heterocycles. The molecule has 0 aliphatic carbocycles. The van der Waals surface area contributed by atoms with E-state index in [4.69, 9.17) is 17.0 Å². The van der Waals surface area contributed by atoms with Gasteiger partial charge in [0.05, 0.1) is 17.6 Å². The van der Waals surface area contributed by atoms with E-state index >= 15 is 0 Å². The van der Waals surface area contributed by atoms with Crippen LogP contribution >= 0.6 is 11.6 Å². The van der Waals surface area contributed by atoms with Gasteiger partial charge < -0.3 is 4.98 Å². The van der Waals surface area contributed by atoms with Crippen LogP contribution in [-0.4, -0.2) is 20.1 Å². The summed E-state index contributed by atoms with van der Waals surface area (Å²) in [5.41, 5.74) is 3.87. The number of hydrogen-bond acceptors (Lipinski definition) is 3. The smallest absolute Gasteiger partial charge is 0.130 e. The highest BCUT2D eigenvalue weighted by atomic mass is 35.5. The van der Waals surface area contributed by atoms with Crippen molar-refractivity contribution in [3.63, 3.8) is 0 Å². The van der Waals surface area contributed by atoms with E-state index in [2.05, 4.69) is 15.0 Å². The second kappa shape index (κ2) is 6.37. The van der Waals surface area contributed by atoms with Gasteiger partial charge in [-0.25, -0.2) is 4.98 Å². The molecule has 4 nitrogen and oxygen atoms in total. The van der Waals surface area contributed by atoms with Gasteiger partial charge in [-0.1, -0.05) is 41.9 Å². The van der Waals surface area contributed by atoms with Crippen molar-refractivity contribution in [2.24, 2.45) is 0 Å². The summed E-state index contributed by atoms with van der Waals surface area (Å²) in [5, 5.41) is 7.13. The molecule has 0 bridgehead atoms. The molecule has 0 atom stereocenters. The number of aromatic nitrogens is 3. The molecule has 2 N–H and O–H groups in total. The maximum absolute atomic E-state index is 7.17. The Kier molecular flexibility index (Phi) is 4.12. The lowest BCUT2D eigenvalue weighted by Gasteiger charge is -2.03. The summed E-state index contributed by atoms with van der Waals surface area (Å²) in [5.74, 6) is 0.651. The van der Waals surface area contributed by atoms with Gasteiger partial charge in [-0.15, -0.1) is 0 Å². The molecule has 0 fully saturated rings. The minimum Gasteiger partial charge on any atom is -0.338 e. The number of rotatable bonds is 4. The van der Waals surface area contributed by atoms with Gasteiger partial charge >= 0.3 is 0 Å². The van der Waals surface area contributed by atoms with Crippen molar-refractivity contribution >= 4 is 22.8 Å². The minimum atomic E-state index is -0.0341. The minimum absolute atomic E-state index is 0.0341. The van der Waals surface area contributed by atoms with Gasteiger partial charge in [0.25, 0.3) is 0 Å². The molecule has 0 aliphatic heterocycles. The Balaban J connectivity index is 1.91. The number of imidazole rings is 1. The van der Waals surface area contributed by atoms with E-state index in [9.17, 15) is 0 Å². The number of pyridine rings is 1. The van der Waals surface area contributed by atoms with E-state index in [1.165, 1.54) is 6.08 Å². The lowest BCUT2D eigenvalue weighted by molar-refractivity contribution is 1.26. The fraction of sp³-hybridized carbons (Fsp3) is 0. The summed E-state index contributed by atoms with van der Waals surface area (Å²) in [7, 11) is 0. The van der Waals surface area contributed by atoms with E-state index in [1.807, 2.05) is 42.5 Å². The van der Waals surface area contributed by atoms with Gasteiger partial charge in [-0.05, 0) is 24.3 Å². The molecule has 0 amide bonds. The molecule has 0 aliphatic rings. The van der Waals surface area contributed by atoms with Crippen molar-refractivity contribution in [1.29, 1.82) is 5.41 Å². The first-order valence-electron chi connectivity index (χ1n) is 6.71. The van der Waals surface area contributed by atoms with Gasteiger partial charge in [0.2, 0.25) is 0 Å². The molecule has 0 radical (unpaired) electrons. The quantitative estimate of drug-likeness (QED) is 0.703. The Morgan fingerprint density at radius 2 is 1.91 bits per heavy atom. The van der Waals surface area contributed by atoms with Crippen molar-refractivity contribution in [2.75, 3.05) is 0 Å². The Morgan fingerprint density at radius 1 is 1.09 bits per heavy atom. The van der Waals surface area contributed by atoms with Crippen LogP contribution < -0.4 is 0 Å². The second-order valence-electron chi connectivity index (χ2n) is 4.66. The predicted octanol–water partition coefficient (Wildman–Crippen LogP) is 4.37. The van der Waals surface area contributed by atoms with E-state index in [0.717, 1.165) is 22.5 Å². The second-order valence-corrected chi connectivity index (χ2v) is 5.07. The van der Waals surface area contributed by atoms with Crippen molar-refractivity contribution < 1.29 is 0 Å². The van der Waals surface area contributed by atoms with Gasteiger partial charge in [-0.3, -0.25) is 10.4 Å². The van der Waals surface area contributed by atoms with E-state index in [0.29, 0.717) is 5.82 Å². The van der Waals surface area contributed by atoms with Crippen molar-refractivity contribution in [3.8, 4) is 22.5 Å². The maximum Gasteiger partial charge on any atom is 0.130 e. The SMILES string of the molecule is N=C(Cl)/C=C\c1ncc(-c2ccnc(-c3ccccc3)c2)[nH]1. The molecule has 0 saturated carbocycles. The van der Waals surface area contributed by atoms with Gasteiger partial charge in [-0.2, -0.15) is 0 Å². The normalized spacial score (nSPS) is 11.0. The summed E-state index contributed by atoms with van der Waals surface area (Å²) in [6.07, 6.45) is 6.67. The number of aromatic amines is 1. The number of halogens is 1. The topological polar surface area (TPSA) is 65.4 Å². The van der Waals surface area contributed by atoms with Crippen LogP contribution in [0.3, 0.4) is 0 Å². The number of hydrogen-bond donors (Lipinski definition) is 2. The largest absolute Gasteiger partial charge is 0.338 e. The highest BCUT2D eigenvalue weighted by Gasteiger charge is 2.05. The summed E-state index contributed by atoms with van der Waals surface area (Å²) < 4.78 is 0. The average Bonchev–Trinajstić information content (AvgIpc) is 3.03. The Labute approximate surface area is 133 Å². The Bertz CT molecular complexity index is 821. The molecule has 3 rings (SSSR count). The summed E-state index contributed by atoms with van der Waals surface area (Å²) >= 11 is 5.49. The third kappa shape index (κ3) is 3.30. The number of allylic oxidation sites excluding steroid dienone is 1. The van der Waals surface area contributed by atoms with Gasteiger partial charge in [0.15, 0.2) is 0 Å². The fourth-order valence-corrected chi connectivity index (χ4v) is 2.15. The molecule has 5 heteroatoms. The van der Waals surface area contributed by atoms with Crippen LogP contribution in [0.4, 0.5) is 0 Å². The van der Waals surface area contributed by atoms with Crippen LogP contribution in [0.1, 0.15) is 5.82 Å². The van der Waals surface area contributed by atoms with Gasteiger partial charge in [0.1, 0.15) is 11.0 Å². The standard InChI is InChI=1S/C17H13ClN4/c18-16(19)6-7-17-21-11-15(22-17)13-8-9-20-14(10-13)12-4-2-1-3-5-12/h1-11,19H,(H,21,22)/b7-6-,19-16?. The number of H-pyrrole nitrogens is 1. The number of nitrogens with zero attached hydrogens (tertiary/aromatic N) is 2. The first-order valence-corrected chi connectivity index (χ1v) is 7.09. The van der Waals surface area contributed by atoms with Crippen LogP contribution in [0.5, 0.6) is 0 Å². The lowest BCUT2D eigenvalue weighted by Crippen LogP contribution is -1.85. The van der Waals surface area contributed by atoms with Crippen molar-refractivity contribution in [3.05, 3.63) is 66.8 Å². The van der Waals surface area contributed by atoms with Crippen LogP contribution in [0.2, 0.25) is 0 Å². The maximum atomic E-state index is 7.17. The van der Waals surface area contributed by atoms with E-state index in [-0.39, 0.29) is 5.17 Å². The first-order chi connectivity index (χ1) is 10.7. The average molecular weight is 309 g/mol. The molecule has 2 aromatic heterocycles. The van der Waals surface area contributed by atoms with Crippen LogP contribution in [0.25, 0.3) is 28.6 Å². The van der Waals surface area contributed by atoms with E-state index in [1.54, 1.807) is 18.5 Å². The Hall–Kier alpha value is -2.72. The zero-order valence-corrected chi connectivity index (χ0v) is 12.4. The zero-order chi connectivity index (χ0) is 15.4. The van der Waals surface area contributed by atoms with E-state index < -0.39 is 0 Å². The molecular weight excluding hydrogens is 296 g/mol. The fourth-order valence-electron chi connectivity index (χ4n) is 2.08. The molecule has 0 spiro atoms. The van der Waals surface area contributed by atoms with Crippen molar-refractivity contribution in [1.82, 2.24) is 15.0 Å². The van der Waals surface area contributed by atoms with Crippen LogP contribution in [0, 0.1) is 5.41 Å². The molecule has 108 valence electrons. The molecule has 0 unspecified atom stereocenters. The highest BCUT2D eigenvalue weighted by Crippen LogP contribution is 2.23. The molecule has 1 aromatic carbocycles. The van der Waals surface area contributed by atoms with Crippen LogP contribution in [-0.2, 0) is 0 Å². The van der Waals surface area contributed by atoms with Crippen molar-refractivity contribution in [2.45, 2.75) is 0 Å². The number of nitrogens with one attached hydrogen (secondary N) is 2. The monoisotopic (exact) mass is 308 g/mol. The summed E-state index contributed by atoms with van der Waals surface area (Å²) in [6, 6.07) is 14.0. The summed E-state index contributed by atoms with van der Waals surface area (Å²) in [4.78, 5) is 11.8. The third-order valence-corrected chi connectivity index (χ3v) is 3.25. The predicted molar refractivity (Wildman–Crippen MR) is 89.9 cm³/mol. The number of benzene rings is 1. The lowest BCUT2D eigenvalue weighted by atomic mass is 10.1. The zero-order valence-electron chi connectivity index (χ0n) is 11.6.